The smallest absolute Gasteiger partial charge is 0.363 e. The van der Waals surface area contributed by atoms with Gasteiger partial charge in [-0.2, -0.15) is 0 Å². The minimum Gasteiger partial charge on any atom is -0.376 e. The fourth-order valence-corrected chi connectivity index (χ4v) is 1.61. The van der Waals surface area contributed by atoms with Crippen molar-refractivity contribution in [3.8, 4) is 0 Å². The van der Waals surface area contributed by atoms with Gasteiger partial charge in [-0.3, -0.25) is 16.1 Å². The monoisotopic (exact) mass is 197 g/mol. The Morgan fingerprint density at radius 2 is 2.17 bits per heavy atom. The highest BCUT2D eigenvalue weighted by molar-refractivity contribution is 7.53. The zero-order valence-electron chi connectivity index (χ0n) is 6.38. The fraction of sp³-hybridized carbons (Fsp3) is 1.00. The zero-order chi connectivity index (χ0) is 9.41. The van der Waals surface area contributed by atoms with Crippen molar-refractivity contribution in [3.63, 3.8) is 0 Å². The van der Waals surface area contributed by atoms with Crippen molar-refractivity contribution in [3.05, 3.63) is 0 Å². The first-order chi connectivity index (χ1) is 5.38. The molecule has 72 valence electrons. The van der Waals surface area contributed by atoms with Crippen LogP contribution in [0.3, 0.4) is 0 Å². The lowest BCUT2D eigenvalue weighted by Gasteiger charge is -2.40. The molecule has 7 nitrogen and oxygen atoms in total. The van der Waals surface area contributed by atoms with Gasteiger partial charge in [0.2, 0.25) is 5.40 Å². The molecule has 0 spiro atoms. The third kappa shape index (κ3) is 1.53. The maximum absolute atomic E-state index is 10.9. The quantitative estimate of drug-likeness (QED) is 0.283. The van der Waals surface area contributed by atoms with Gasteiger partial charge in [0.25, 0.3) is 0 Å². The second kappa shape index (κ2) is 3.04. The summed E-state index contributed by atoms with van der Waals surface area (Å²) >= 11 is 0. The summed E-state index contributed by atoms with van der Waals surface area (Å²) in [6.07, 6.45) is 0. The molecule has 1 fully saturated rings. The third-order valence-corrected chi connectivity index (χ3v) is 3.19. The van der Waals surface area contributed by atoms with Gasteiger partial charge in [0.05, 0.1) is 13.2 Å². The van der Waals surface area contributed by atoms with Crippen LogP contribution in [0.4, 0.5) is 0 Å². The van der Waals surface area contributed by atoms with E-state index < -0.39 is 13.0 Å². The molecule has 0 amide bonds. The highest BCUT2D eigenvalue weighted by atomic mass is 31.2. The Morgan fingerprint density at radius 3 is 2.50 bits per heavy atom. The van der Waals surface area contributed by atoms with Crippen molar-refractivity contribution >= 4 is 7.60 Å². The van der Waals surface area contributed by atoms with Crippen LogP contribution in [0.25, 0.3) is 0 Å². The van der Waals surface area contributed by atoms with Crippen molar-refractivity contribution < 1.29 is 19.1 Å². The summed E-state index contributed by atoms with van der Waals surface area (Å²) in [7, 11) is -4.46. The highest BCUT2D eigenvalue weighted by Gasteiger charge is 2.49. The van der Waals surface area contributed by atoms with Gasteiger partial charge in [-0.25, -0.2) is 5.01 Å². The van der Waals surface area contributed by atoms with E-state index in [0.717, 1.165) is 5.01 Å². The Morgan fingerprint density at radius 1 is 1.58 bits per heavy atom. The second-order valence-corrected chi connectivity index (χ2v) is 4.53. The number of hydrazine groups is 1. The molecule has 0 aromatic heterocycles. The molecule has 1 heterocycles. The van der Waals surface area contributed by atoms with Crippen molar-refractivity contribution in [2.75, 3.05) is 19.8 Å². The first-order valence-electron chi connectivity index (χ1n) is 3.32. The van der Waals surface area contributed by atoms with Gasteiger partial charge in [-0.1, -0.05) is 0 Å². The van der Waals surface area contributed by atoms with Crippen molar-refractivity contribution in [1.29, 1.82) is 0 Å². The van der Waals surface area contributed by atoms with Gasteiger partial charge in [0.1, 0.15) is 0 Å². The Hall–Kier alpha value is -0.0100. The molecule has 0 aromatic rings. The average Bonchev–Trinajstić information content (AvgIpc) is 1.93. The van der Waals surface area contributed by atoms with Gasteiger partial charge in [-0.15, -0.1) is 0 Å². The van der Waals surface area contributed by atoms with Crippen LogP contribution in [-0.2, 0) is 9.30 Å². The maximum Gasteiger partial charge on any atom is 0.363 e. The van der Waals surface area contributed by atoms with Gasteiger partial charge in [0.15, 0.2) is 0 Å². The van der Waals surface area contributed by atoms with E-state index >= 15 is 0 Å². The number of nitrogens with zero attached hydrogens (tertiary/aromatic N) is 1. The topological polar surface area (TPSA) is 122 Å². The van der Waals surface area contributed by atoms with Crippen LogP contribution in [0.15, 0.2) is 0 Å². The Kier molecular flexibility index (Phi) is 2.55. The molecule has 0 saturated carbocycles. The molecule has 1 saturated heterocycles. The lowest BCUT2D eigenvalue weighted by Crippen LogP contribution is -2.65. The van der Waals surface area contributed by atoms with Gasteiger partial charge < -0.3 is 14.5 Å². The molecule has 1 aliphatic heterocycles. The van der Waals surface area contributed by atoms with Crippen LogP contribution in [-0.4, -0.2) is 40.0 Å². The molecule has 1 unspecified atom stereocenters. The average molecular weight is 197 g/mol. The molecule has 0 radical (unpaired) electrons. The molecular formula is C4H12N3O4P. The van der Waals surface area contributed by atoms with E-state index in [0.29, 0.717) is 6.61 Å². The number of rotatable bonds is 1. The van der Waals surface area contributed by atoms with Crippen LogP contribution in [0.1, 0.15) is 0 Å². The second-order valence-electron chi connectivity index (χ2n) is 2.67. The number of hydrogen-bond acceptors (Lipinski definition) is 5. The van der Waals surface area contributed by atoms with E-state index in [1.165, 1.54) is 0 Å². The Bertz CT molecular complexity index is 218. The van der Waals surface area contributed by atoms with E-state index in [1.54, 1.807) is 0 Å². The number of morpholine rings is 1. The number of ether oxygens (including phenoxy) is 1. The Labute approximate surface area is 69.4 Å². The van der Waals surface area contributed by atoms with E-state index in [4.69, 9.17) is 26.1 Å². The minimum absolute atomic E-state index is 0.210. The van der Waals surface area contributed by atoms with Crippen LogP contribution in [0.2, 0.25) is 0 Å². The van der Waals surface area contributed by atoms with Gasteiger partial charge >= 0.3 is 7.60 Å². The van der Waals surface area contributed by atoms with Crippen molar-refractivity contribution in [2.45, 2.75) is 5.40 Å². The lowest BCUT2D eigenvalue weighted by atomic mass is 10.4. The van der Waals surface area contributed by atoms with Gasteiger partial charge in [-0.05, 0) is 0 Å². The highest BCUT2D eigenvalue weighted by Crippen LogP contribution is 2.48. The summed E-state index contributed by atoms with van der Waals surface area (Å²) in [6, 6.07) is 0. The van der Waals surface area contributed by atoms with Gasteiger partial charge in [0, 0.05) is 6.54 Å². The molecule has 0 aromatic carbocycles. The van der Waals surface area contributed by atoms with E-state index in [1.807, 2.05) is 0 Å². The van der Waals surface area contributed by atoms with Crippen LogP contribution >= 0.6 is 7.60 Å². The first-order valence-corrected chi connectivity index (χ1v) is 4.94. The predicted molar refractivity (Wildman–Crippen MR) is 40.7 cm³/mol. The van der Waals surface area contributed by atoms with E-state index in [2.05, 4.69) is 0 Å². The standard InChI is InChI=1S/C4H12N3O4P/c5-4(12(8,9)10)3-11-2-1-7(4)6/h1-3,5-6H2,(H2,8,9,10). The first kappa shape index (κ1) is 10.1. The summed E-state index contributed by atoms with van der Waals surface area (Å²) in [5, 5.41) is -0.942. The summed E-state index contributed by atoms with van der Waals surface area (Å²) in [4.78, 5) is 17.7. The lowest BCUT2D eigenvalue weighted by molar-refractivity contribution is -0.0371. The molecule has 6 N–H and O–H groups in total. The molecule has 12 heavy (non-hydrogen) atoms. The largest absolute Gasteiger partial charge is 0.376 e. The van der Waals surface area contributed by atoms with Crippen LogP contribution in [0.5, 0.6) is 0 Å². The fourth-order valence-electron chi connectivity index (χ4n) is 0.913. The molecule has 1 atom stereocenters. The van der Waals surface area contributed by atoms with Crippen LogP contribution in [0, 0.1) is 0 Å². The normalized spacial score (nSPS) is 33.7. The summed E-state index contributed by atoms with van der Waals surface area (Å²) < 4.78 is 15.7. The third-order valence-electron chi connectivity index (χ3n) is 1.79. The predicted octanol–water partition coefficient (Wildman–Crippen LogP) is -2.02. The molecule has 1 aliphatic rings. The zero-order valence-corrected chi connectivity index (χ0v) is 7.28. The van der Waals surface area contributed by atoms with Crippen molar-refractivity contribution in [1.82, 2.24) is 5.01 Å². The molecule has 0 aliphatic carbocycles. The molecule has 1 rings (SSSR count). The Balaban J connectivity index is 2.87. The van der Waals surface area contributed by atoms with Crippen LogP contribution < -0.4 is 11.6 Å². The van der Waals surface area contributed by atoms with E-state index in [9.17, 15) is 4.57 Å². The molecular weight excluding hydrogens is 185 g/mol. The number of hydrogen-bond donors (Lipinski definition) is 4. The number of nitrogens with two attached hydrogens (primary N) is 2. The molecule has 8 heteroatoms. The summed E-state index contributed by atoms with van der Waals surface area (Å²) in [5.74, 6) is 5.34. The maximum atomic E-state index is 10.9. The molecule has 0 bridgehead atoms. The SMILES string of the molecule is NN1CCOCC1(N)P(=O)(O)O. The van der Waals surface area contributed by atoms with E-state index in [-0.39, 0.29) is 13.2 Å². The summed E-state index contributed by atoms with van der Waals surface area (Å²) in [6.45, 7) is 0.283. The van der Waals surface area contributed by atoms with Crippen molar-refractivity contribution in [2.24, 2.45) is 11.6 Å². The minimum atomic E-state index is -4.46. The summed E-state index contributed by atoms with van der Waals surface area (Å²) in [5.41, 5.74) is 5.39.